The van der Waals surface area contributed by atoms with Crippen LogP contribution >= 0.6 is 11.3 Å². The van der Waals surface area contributed by atoms with Gasteiger partial charge in [-0.1, -0.05) is 6.92 Å². The predicted molar refractivity (Wildman–Crippen MR) is 78.8 cm³/mol. The highest BCUT2D eigenvalue weighted by Crippen LogP contribution is 2.44. The van der Waals surface area contributed by atoms with E-state index in [9.17, 15) is 14.7 Å². The number of thiophene rings is 1. The van der Waals surface area contributed by atoms with Crippen LogP contribution in [0.3, 0.4) is 0 Å². The summed E-state index contributed by atoms with van der Waals surface area (Å²) >= 11 is 1.62. The van der Waals surface area contributed by atoms with Crippen LogP contribution in [0.1, 0.15) is 49.9 Å². The van der Waals surface area contributed by atoms with Crippen molar-refractivity contribution in [1.29, 1.82) is 0 Å². The Morgan fingerprint density at radius 2 is 2.10 bits per heavy atom. The summed E-state index contributed by atoms with van der Waals surface area (Å²) in [4.78, 5) is 27.7. The van der Waals surface area contributed by atoms with Gasteiger partial charge in [0.25, 0.3) is 0 Å². The smallest absolute Gasteiger partial charge is 0.309 e. The molecule has 0 saturated carbocycles. The third kappa shape index (κ3) is 2.59. The Labute approximate surface area is 123 Å². The molecule has 1 fully saturated rings. The molecule has 1 N–H and O–H groups in total. The molecule has 1 aromatic heterocycles. The first-order chi connectivity index (χ1) is 9.25. The molecule has 110 valence electrons. The minimum absolute atomic E-state index is 0.0682. The molecular weight excluding hydrogens is 274 g/mol. The lowest BCUT2D eigenvalue weighted by Crippen LogP contribution is -2.44. The summed E-state index contributed by atoms with van der Waals surface area (Å²) in [5.41, 5.74) is -0.373. The van der Waals surface area contributed by atoms with Gasteiger partial charge in [-0.2, -0.15) is 0 Å². The van der Waals surface area contributed by atoms with Crippen molar-refractivity contribution in [3.05, 3.63) is 21.9 Å². The fourth-order valence-electron chi connectivity index (χ4n) is 2.82. The van der Waals surface area contributed by atoms with Crippen molar-refractivity contribution >= 4 is 23.2 Å². The lowest BCUT2D eigenvalue weighted by molar-refractivity contribution is -0.142. The minimum Gasteiger partial charge on any atom is -0.481 e. The van der Waals surface area contributed by atoms with E-state index in [1.54, 1.807) is 16.2 Å². The number of carbonyl (C=O) groups is 2. The number of nitrogens with zero attached hydrogens (tertiary/aromatic N) is 1. The summed E-state index contributed by atoms with van der Waals surface area (Å²) < 4.78 is 0. The highest BCUT2D eigenvalue weighted by atomic mass is 32.1. The highest BCUT2D eigenvalue weighted by molar-refractivity contribution is 7.12. The maximum atomic E-state index is 12.3. The van der Waals surface area contributed by atoms with Gasteiger partial charge in [0.2, 0.25) is 5.91 Å². The van der Waals surface area contributed by atoms with Gasteiger partial charge in [-0.25, -0.2) is 0 Å². The molecule has 5 heteroatoms. The Hall–Kier alpha value is -1.36. The average molecular weight is 295 g/mol. The molecule has 1 saturated heterocycles. The van der Waals surface area contributed by atoms with Crippen LogP contribution in [-0.2, 0) is 16.0 Å². The summed E-state index contributed by atoms with van der Waals surface area (Å²) in [6.07, 6.45) is 1.02. The maximum absolute atomic E-state index is 12.3. The van der Waals surface area contributed by atoms with Gasteiger partial charge >= 0.3 is 5.97 Å². The van der Waals surface area contributed by atoms with E-state index < -0.39 is 11.9 Å². The number of likely N-dealkylation sites (tertiary alicyclic amines) is 1. The molecule has 0 aliphatic carbocycles. The average Bonchev–Trinajstić information content (AvgIpc) is 2.90. The minimum atomic E-state index is -0.887. The van der Waals surface area contributed by atoms with Crippen molar-refractivity contribution < 1.29 is 14.7 Å². The fraction of sp³-hybridized carbons (Fsp3) is 0.600. The normalized spacial score (nSPS) is 23.4. The topological polar surface area (TPSA) is 57.6 Å². The van der Waals surface area contributed by atoms with E-state index in [-0.39, 0.29) is 23.9 Å². The standard InChI is InChI=1S/C15H21NO3S/c1-5-9-6-7-11(20-9)13-10(14(18)19)8-12(17)16(13)15(2,3)4/h6-7,10,13H,5,8H2,1-4H3,(H,18,19). The van der Waals surface area contributed by atoms with E-state index in [2.05, 4.69) is 6.92 Å². The van der Waals surface area contributed by atoms with E-state index in [4.69, 9.17) is 0 Å². The number of amides is 1. The summed E-state index contributed by atoms with van der Waals surface area (Å²) in [5, 5.41) is 9.44. The molecule has 1 aliphatic rings. The number of aliphatic carboxylic acids is 1. The Morgan fingerprint density at radius 3 is 2.55 bits per heavy atom. The molecule has 0 bridgehead atoms. The van der Waals surface area contributed by atoms with E-state index in [1.165, 1.54) is 4.88 Å². The number of carbonyl (C=O) groups excluding carboxylic acids is 1. The molecular formula is C15H21NO3S. The second-order valence-electron chi connectivity index (χ2n) is 6.19. The third-order valence-corrected chi connectivity index (χ3v) is 4.99. The van der Waals surface area contributed by atoms with Crippen LogP contribution in [0, 0.1) is 5.92 Å². The second-order valence-corrected chi connectivity index (χ2v) is 7.39. The predicted octanol–water partition coefficient (Wildman–Crippen LogP) is 3.08. The maximum Gasteiger partial charge on any atom is 0.309 e. The number of rotatable bonds is 3. The fourth-order valence-corrected chi connectivity index (χ4v) is 3.93. The van der Waals surface area contributed by atoms with Crippen molar-refractivity contribution in [2.24, 2.45) is 5.92 Å². The second kappa shape index (κ2) is 5.20. The van der Waals surface area contributed by atoms with Crippen LogP contribution in [0.5, 0.6) is 0 Å². The van der Waals surface area contributed by atoms with Crippen molar-refractivity contribution in [2.75, 3.05) is 0 Å². The molecule has 2 rings (SSSR count). The van der Waals surface area contributed by atoms with Crippen LogP contribution < -0.4 is 0 Å². The van der Waals surface area contributed by atoms with Crippen molar-refractivity contribution in [1.82, 2.24) is 4.90 Å². The van der Waals surface area contributed by atoms with Crippen LogP contribution in [-0.4, -0.2) is 27.4 Å². The SMILES string of the molecule is CCc1ccc(C2C(C(=O)O)CC(=O)N2C(C)(C)C)s1. The third-order valence-electron chi connectivity index (χ3n) is 3.68. The summed E-state index contributed by atoms with van der Waals surface area (Å²) in [6, 6.07) is 3.66. The van der Waals surface area contributed by atoms with Gasteiger partial charge in [0.15, 0.2) is 0 Å². The van der Waals surface area contributed by atoms with Crippen molar-refractivity contribution in [3.8, 4) is 0 Å². The van der Waals surface area contributed by atoms with Gasteiger partial charge in [0, 0.05) is 21.7 Å². The van der Waals surface area contributed by atoms with Gasteiger partial charge in [-0.3, -0.25) is 9.59 Å². The first kappa shape index (κ1) is 15.0. The Bertz CT molecular complexity index is 529. The first-order valence-corrected chi connectivity index (χ1v) is 7.71. The number of carboxylic acids is 1. The van der Waals surface area contributed by atoms with Gasteiger partial charge in [-0.05, 0) is 39.3 Å². The molecule has 4 nitrogen and oxygen atoms in total. The molecule has 2 unspecified atom stereocenters. The van der Waals surface area contributed by atoms with Gasteiger partial charge in [0.05, 0.1) is 12.0 Å². The van der Waals surface area contributed by atoms with Crippen LogP contribution in [0.4, 0.5) is 0 Å². The molecule has 1 aliphatic heterocycles. The number of aryl methyl sites for hydroxylation is 1. The van der Waals surface area contributed by atoms with E-state index in [0.717, 1.165) is 11.3 Å². The van der Waals surface area contributed by atoms with Gasteiger partial charge in [-0.15, -0.1) is 11.3 Å². The molecule has 0 aromatic carbocycles. The summed E-state index contributed by atoms with van der Waals surface area (Å²) in [7, 11) is 0. The Balaban J connectivity index is 2.46. The summed E-state index contributed by atoms with van der Waals surface area (Å²) in [5.74, 6) is -1.60. The summed E-state index contributed by atoms with van der Waals surface area (Å²) in [6.45, 7) is 7.94. The van der Waals surface area contributed by atoms with Crippen molar-refractivity contribution in [2.45, 2.75) is 52.1 Å². The first-order valence-electron chi connectivity index (χ1n) is 6.89. The zero-order valence-electron chi connectivity index (χ0n) is 12.3. The molecule has 0 spiro atoms. The number of hydrogen-bond donors (Lipinski definition) is 1. The lowest BCUT2D eigenvalue weighted by Gasteiger charge is -2.37. The molecule has 2 atom stereocenters. The van der Waals surface area contributed by atoms with E-state index >= 15 is 0 Å². The Kier molecular flexibility index (Phi) is 3.91. The van der Waals surface area contributed by atoms with Crippen LogP contribution in [0.15, 0.2) is 12.1 Å². The zero-order valence-corrected chi connectivity index (χ0v) is 13.2. The van der Waals surface area contributed by atoms with Crippen molar-refractivity contribution in [3.63, 3.8) is 0 Å². The van der Waals surface area contributed by atoms with E-state index in [0.29, 0.717) is 0 Å². The van der Waals surface area contributed by atoms with Gasteiger partial charge < -0.3 is 10.0 Å². The molecule has 1 amide bonds. The van der Waals surface area contributed by atoms with E-state index in [1.807, 2.05) is 32.9 Å². The highest BCUT2D eigenvalue weighted by Gasteiger charge is 2.49. The molecule has 1 aromatic rings. The molecule has 20 heavy (non-hydrogen) atoms. The zero-order chi connectivity index (χ0) is 15.1. The quantitative estimate of drug-likeness (QED) is 0.932. The molecule has 0 radical (unpaired) electrons. The van der Waals surface area contributed by atoms with Gasteiger partial charge in [0.1, 0.15) is 0 Å². The van der Waals surface area contributed by atoms with Crippen LogP contribution in [0.25, 0.3) is 0 Å². The monoisotopic (exact) mass is 295 g/mol. The molecule has 2 heterocycles. The number of carboxylic acid groups (broad SMARTS) is 1. The largest absolute Gasteiger partial charge is 0.481 e. The lowest BCUT2D eigenvalue weighted by atomic mass is 9.96. The number of hydrogen-bond acceptors (Lipinski definition) is 3. The van der Waals surface area contributed by atoms with Crippen LogP contribution in [0.2, 0.25) is 0 Å². The Morgan fingerprint density at radius 1 is 1.45 bits per heavy atom.